The first-order chi connectivity index (χ1) is 7.74. The number of aromatic nitrogens is 2. The van der Waals surface area contributed by atoms with E-state index in [2.05, 4.69) is 29.9 Å². The molecule has 0 unspecified atom stereocenters. The summed E-state index contributed by atoms with van der Waals surface area (Å²) in [7, 11) is 0. The lowest BCUT2D eigenvalue weighted by Gasteiger charge is -2.00. The standard InChI is InChI=1S/C12H17N3S/c1-3-5-6-10-14-11(13)9-7-8(4-2)16-12(9)15-10/h7H,3-6H2,1-2H3,(H2,13,14,15). The van der Waals surface area contributed by atoms with Crippen LogP contribution in [0.2, 0.25) is 0 Å². The second-order valence-corrected chi connectivity index (χ2v) is 5.03. The van der Waals surface area contributed by atoms with Gasteiger partial charge >= 0.3 is 0 Å². The van der Waals surface area contributed by atoms with E-state index in [1.807, 2.05) is 0 Å². The summed E-state index contributed by atoms with van der Waals surface area (Å²) < 4.78 is 0. The molecule has 0 saturated carbocycles. The minimum Gasteiger partial charge on any atom is -0.383 e. The van der Waals surface area contributed by atoms with E-state index in [1.54, 1.807) is 11.3 Å². The molecule has 0 radical (unpaired) electrons. The Morgan fingerprint density at radius 3 is 2.81 bits per heavy atom. The zero-order valence-corrected chi connectivity index (χ0v) is 10.6. The molecule has 0 aliphatic rings. The predicted molar refractivity (Wildman–Crippen MR) is 69.8 cm³/mol. The Labute approximate surface area is 99.7 Å². The number of nitrogens with zero attached hydrogens (tertiary/aromatic N) is 2. The van der Waals surface area contributed by atoms with Crippen LogP contribution in [0.15, 0.2) is 6.07 Å². The van der Waals surface area contributed by atoms with Gasteiger partial charge in [-0.15, -0.1) is 11.3 Å². The Morgan fingerprint density at radius 2 is 2.12 bits per heavy atom. The molecule has 2 heterocycles. The van der Waals surface area contributed by atoms with Crippen LogP contribution in [-0.2, 0) is 12.8 Å². The maximum Gasteiger partial charge on any atom is 0.135 e. The molecule has 0 aliphatic carbocycles. The SMILES string of the molecule is CCCCc1nc(N)c2cc(CC)sc2n1. The quantitative estimate of drug-likeness (QED) is 0.885. The third-order valence-corrected chi connectivity index (χ3v) is 3.80. The molecule has 2 rings (SSSR count). The third-order valence-electron chi connectivity index (χ3n) is 2.62. The van der Waals surface area contributed by atoms with Gasteiger partial charge < -0.3 is 5.73 Å². The molecule has 0 spiro atoms. The fraction of sp³-hybridized carbons (Fsp3) is 0.500. The summed E-state index contributed by atoms with van der Waals surface area (Å²) in [6, 6.07) is 2.11. The van der Waals surface area contributed by atoms with Gasteiger partial charge in [0.15, 0.2) is 0 Å². The van der Waals surface area contributed by atoms with Gasteiger partial charge in [-0.25, -0.2) is 9.97 Å². The molecule has 0 bridgehead atoms. The van der Waals surface area contributed by atoms with Gasteiger partial charge in [0, 0.05) is 11.3 Å². The average Bonchev–Trinajstić information content (AvgIpc) is 2.70. The van der Waals surface area contributed by atoms with E-state index in [4.69, 9.17) is 5.73 Å². The maximum absolute atomic E-state index is 5.95. The first-order valence-corrected chi connectivity index (χ1v) is 6.61. The van der Waals surface area contributed by atoms with E-state index in [9.17, 15) is 0 Å². The van der Waals surface area contributed by atoms with Gasteiger partial charge in [-0.3, -0.25) is 0 Å². The number of fused-ring (bicyclic) bond motifs is 1. The zero-order valence-electron chi connectivity index (χ0n) is 9.79. The van der Waals surface area contributed by atoms with Crippen LogP contribution in [0.3, 0.4) is 0 Å². The van der Waals surface area contributed by atoms with Crippen molar-refractivity contribution in [2.24, 2.45) is 0 Å². The molecule has 16 heavy (non-hydrogen) atoms. The third kappa shape index (κ3) is 2.16. The summed E-state index contributed by atoms with van der Waals surface area (Å²) in [5.41, 5.74) is 5.95. The van der Waals surface area contributed by atoms with Crippen LogP contribution in [-0.4, -0.2) is 9.97 Å². The highest BCUT2D eigenvalue weighted by Crippen LogP contribution is 2.27. The monoisotopic (exact) mass is 235 g/mol. The molecular formula is C12H17N3S. The largest absolute Gasteiger partial charge is 0.383 e. The summed E-state index contributed by atoms with van der Waals surface area (Å²) in [6.45, 7) is 4.31. The van der Waals surface area contributed by atoms with Gasteiger partial charge in [0.1, 0.15) is 16.5 Å². The number of nitrogen functional groups attached to an aromatic ring is 1. The Morgan fingerprint density at radius 1 is 1.31 bits per heavy atom. The predicted octanol–water partition coefficient (Wildman–Crippen LogP) is 3.18. The van der Waals surface area contributed by atoms with Crippen molar-refractivity contribution in [3.63, 3.8) is 0 Å². The molecule has 3 nitrogen and oxygen atoms in total. The van der Waals surface area contributed by atoms with E-state index in [1.165, 1.54) is 4.88 Å². The molecule has 0 aromatic carbocycles. The van der Waals surface area contributed by atoms with E-state index in [-0.39, 0.29) is 0 Å². The van der Waals surface area contributed by atoms with Crippen molar-refractivity contribution in [2.75, 3.05) is 5.73 Å². The van der Waals surface area contributed by atoms with Crippen LogP contribution in [0.4, 0.5) is 5.82 Å². The summed E-state index contributed by atoms with van der Waals surface area (Å²) in [4.78, 5) is 11.3. The highest BCUT2D eigenvalue weighted by atomic mass is 32.1. The van der Waals surface area contributed by atoms with Crippen molar-refractivity contribution in [2.45, 2.75) is 39.5 Å². The Kier molecular flexibility index (Phi) is 3.39. The van der Waals surface area contributed by atoms with E-state index < -0.39 is 0 Å². The molecule has 0 atom stereocenters. The van der Waals surface area contributed by atoms with Crippen LogP contribution in [0.25, 0.3) is 10.2 Å². The Hall–Kier alpha value is -1.16. The lowest BCUT2D eigenvalue weighted by atomic mass is 10.2. The van der Waals surface area contributed by atoms with Crippen molar-refractivity contribution in [1.29, 1.82) is 0 Å². The molecule has 0 saturated heterocycles. The van der Waals surface area contributed by atoms with Crippen molar-refractivity contribution in [1.82, 2.24) is 9.97 Å². The van der Waals surface area contributed by atoms with Crippen molar-refractivity contribution < 1.29 is 0 Å². The number of aryl methyl sites for hydroxylation is 2. The highest BCUT2D eigenvalue weighted by molar-refractivity contribution is 7.18. The fourth-order valence-corrected chi connectivity index (χ4v) is 2.65. The number of anilines is 1. The summed E-state index contributed by atoms with van der Waals surface area (Å²) >= 11 is 1.73. The van der Waals surface area contributed by atoms with Gasteiger partial charge in [-0.05, 0) is 18.9 Å². The van der Waals surface area contributed by atoms with Gasteiger partial charge in [0.2, 0.25) is 0 Å². The van der Waals surface area contributed by atoms with E-state index in [0.717, 1.165) is 41.7 Å². The van der Waals surface area contributed by atoms with Crippen LogP contribution in [0.1, 0.15) is 37.4 Å². The summed E-state index contributed by atoms with van der Waals surface area (Å²) in [6.07, 6.45) is 4.24. The number of unbranched alkanes of at least 4 members (excludes halogenated alkanes) is 1. The number of hydrogen-bond donors (Lipinski definition) is 1. The highest BCUT2D eigenvalue weighted by Gasteiger charge is 2.08. The van der Waals surface area contributed by atoms with Crippen LogP contribution in [0, 0.1) is 0 Å². The maximum atomic E-state index is 5.95. The molecule has 0 fully saturated rings. The Bertz CT molecular complexity index is 490. The smallest absolute Gasteiger partial charge is 0.135 e. The zero-order chi connectivity index (χ0) is 11.5. The summed E-state index contributed by atoms with van der Waals surface area (Å²) in [5, 5.41) is 1.02. The lowest BCUT2D eigenvalue weighted by molar-refractivity contribution is 0.758. The number of hydrogen-bond acceptors (Lipinski definition) is 4. The van der Waals surface area contributed by atoms with Gasteiger partial charge in [0.25, 0.3) is 0 Å². The van der Waals surface area contributed by atoms with Crippen LogP contribution in [0.5, 0.6) is 0 Å². The average molecular weight is 235 g/mol. The molecular weight excluding hydrogens is 218 g/mol. The topological polar surface area (TPSA) is 51.8 Å². The molecule has 2 aromatic heterocycles. The van der Waals surface area contributed by atoms with Gasteiger partial charge in [0.05, 0.1) is 5.39 Å². The van der Waals surface area contributed by atoms with Crippen molar-refractivity contribution >= 4 is 27.4 Å². The normalized spacial score (nSPS) is 11.1. The summed E-state index contributed by atoms with van der Waals surface area (Å²) in [5.74, 6) is 1.52. The molecule has 86 valence electrons. The minimum atomic E-state index is 0.632. The second-order valence-electron chi connectivity index (χ2n) is 3.91. The molecule has 0 aliphatic heterocycles. The van der Waals surface area contributed by atoms with Crippen molar-refractivity contribution in [3.05, 3.63) is 16.8 Å². The minimum absolute atomic E-state index is 0.632. The molecule has 2 N–H and O–H groups in total. The molecule has 4 heteroatoms. The second kappa shape index (κ2) is 4.78. The number of rotatable bonds is 4. The van der Waals surface area contributed by atoms with E-state index in [0.29, 0.717) is 5.82 Å². The number of thiophene rings is 1. The fourth-order valence-electron chi connectivity index (χ4n) is 1.66. The molecule has 0 amide bonds. The first-order valence-electron chi connectivity index (χ1n) is 5.79. The van der Waals surface area contributed by atoms with Gasteiger partial charge in [-0.1, -0.05) is 20.3 Å². The number of nitrogens with two attached hydrogens (primary N) is 1. The molecule has 2 aromatic rings. The van der Waals surface area contributed by atoms with Crippen LogP contribution < -0.4 is 5.73 Å². The first kappa shape index (κ1) is 11.3. The lowest BCUT2D eigenvalue weighted by Crippen LogP contribution is -1.99. The van der Waals surface area contributed by atoms with Crippen LogP contribution >= 0.6 is 11.3 Å². The van der Waals surface area contributed by atoms with E-state index >= 15 is 0 Å². The Balaban J connectivity index is 2.40. The van der Waals surface area contributed by atoms with Gasteiger partial charge in [-0.2, -0.15) is 0 Å². The van der Waals surface area contributed by atoms with Crippen molar-refractivity contribution in [3.8, 4) is 0 Å².